The molecule has 0 aromatic heterocycles. The minimum absolute atomic E-state index is 0.00801. The molecule has 0 radical (unpaired) electrons. The number of aliphatic hydroxyl groups is 1. The summed E-state index contributed by atoms with van der Waals surface area (Å²) in [6, 6.07) is 0. The van der Waals surface area contributed by atoms with Gasteiger partial charge in [-0.3, -0.25) is 0 Å². The summed E-state index contributed by atoms with van der Waals surface area (Å²) in [4.78, 5) is 0. The summed E-state index contributed by atoms with van der Waals surface area (Å²) in [7, 11) is 0. The molecule has 1 N–H and O–H groups in total. The van der Waals surface area contributed by atoms with E-state index in [2.05, 4.69) is 74.5 Å². The molecular weight excluding hydrogens is 232 g/mol. The van der Waals surface area contributed by atoms with Crippen molar-refractivity contribution in [2.24, 2.45) is 21.7 Å². The summed E-state index contributed by atoms with van der Waals surface area (Å²) in [6.07, 6.45) is 5.99. The van der Waals surface area contributed by atoms with Crippen LogP contribution in [0.25, 0.3) is 0 Å². The summed E-state index contributed by atoms with van der Waals surface area (Å²) in [6.45, 7) is 20.1. The van der Waals surface area contributed by atoms with Crippen LogP contribution < -0.4 is 0 Å². The van der Waals surface area contributed by atoms with Crippen LogP contribution in [-0.4, -0.2) is 11.2 Å². The maximum Gasteiger partial charge on any atom is 0.0824 e. The largest absolute Gasteiger partial charge is 0.388 e. The minimum atomic E-state index is -0.432. The highest BCUT2D eigenvalue weighted by Gasteiger charge is 2.54. The Labute approximate surface area is 119 Å². The molecule has 0 aromatic carbocycles. The molecule has 0 heterocycles. The highest BCUT2D eigenvalue weighted by molar-refractivity contribution is 5.36. The van der Waals surface area contributed by atoms with Gasteiger partial charge in [0.05, 0.1) is 6.10 Å². The van der Waals surface area contributed by atoms with Gasteiger partial charge in [0.15, 0.2) is 0 Å². The molecule has 0 amide bonds. The van der Waals surface area contributed by atoms with Crippen molar-refractivity contribution in [2.45, 2.75) is 68.4 Å². The average molecular weight is 264 g/mol. The Morgan fingerprint density at radius 3 is 1.63 bits per heavy atom. The second kappa shape index (κ2) is 4.48. The van der Waals surface area contributed by atoms with Gasteiger partial charge in [0.2, 0.25) is 0 Å². The van der Waals surface area contributed by atoms with E-state index in [1.54, 1.807) is 0 Å². The molecule has 1 rings (SSSR count). The lowest BCUT2D eigenvalue weighted by Crippen LogP contribution is -2.53. The second-order valence-corrected chi connectivity index (χ2v) is 9.02. The molecule has 110 valence electrons. The van der Waals surface area contributed by atoms with Gasteiger partial charge in [-0.05, 0) is 21.8 Å². The average Bonchev–Trinajstić information content (AvgIpc) is 2.12. The van der Waals surface area contributed by atoms with Gasteiger partial charge in [-0.15, -0.1) is 0 Å². The van der Waals surface area contributed by atoms with Gasteiger partial charge in [-0.1, -0.05) is 80.5 Å². The second-order valence-electron chi connectivity index (χ2n) is 9.02. The van der Waals surface area contributed by atoms with E-state index in [0.717, 1.165) is 0 Å². The normalized spacial score (nSPS) is 24.3. The number of hydrogen-bond donors (Lipinski definition) is 1. The molecule has 0 aromatic rings. The summed E-state index contributed by atoms with van der Waals surface area (Å²) < 4.78 is 0. The fourth-order valence-electron chi connectivity index (χ4n) is 3.64. The molecule has 1 nitrogen and oxygen atoms in total. The zero-order valence-corrected chi connectivity index (χ0v) is 14.3. The molecule has 0 bridgehead atoms. The Kier molecular flexibility index (Phi) is 3.89. The first-order valence-corrected chi connectivity index (χ1v) is 7.33. The summed E-state index contributed by atoms with van der Waals surface area (Å²) in [5, 5.41) is 10.7. The third-order valence-electron chi connectivity index (χ3n) is 4.66. The highest BCUT2D eigenvalue weighted by atomic mass is 16.3. The number of hydrogen-bond acceptors (Lipinski definition) is 1. The van der Waals surface area contributed by atoms with Crippen LogP contribution in [0, 0.1) is 21.7 Å². The molecule has 1 heteroatoms. The van der Waals surface area contributed by atoms with E-state index in [1.807, 2.05) is 6.08 Å². The van der Waals surface area contributed by atoms with E-state index >= 15 is 0 Å². The molecule has 0 saturated carbocycles. The van der Waals surface area contributed by atoms with Crippen LogP contribution in [0.15, 0.2) is 23.8 Å². The van der Waals surface area contributed by atoms with Crippen molar-refractivity contribution in [3.63, 3.8) is 0 Å². The lowest BCUT2D eigenvalue weighted by molar-refractivity contribution is -0.0718. The quantitative estimate of drug-likeness (QED) is 0.655. The molecule has 1 atom stereocenters. The van der Waals surface area contributed by atoms with Gasteiger partial charge in [0.1, 0.15) is 0 Å². The number of aliphatic hydroxyl groups excluding tert-OH is 1. The summed E-state index contributed by atoms with van der Waals surface area (Å²) >= 11 is 0. The Bertz CT molecular complexity index is 377. The van der Waals surface area contributed by atoms with Crippen LogP contribution in [0.4, 0.5) is 0 Å². The Morgan fingerprint density at radius 2 is 1.32 bits per heavy atom. The summed E-state index contributed by atoms with van der Waals surface area (Å²) in [5.74, 6) is 0. The van der Waals surface area contributed by atoms with Gasteiger partial charge in [0, 0.05) is 5.41 Å². The van der Waals surface area contributed by atoms with Gasteiger partial charge in [-0.25, -0.2) is 0 Å². The maximum atomic E-state index is 10.7. The van der Waals surface area contributed by atoms with Gasteiger partial charge < -0.3 is 5.11 Å². The molecule has 19 heavy (non-hydrogen) atoms. The maximum absolute atomic E-state index is 10.7. The van der Waals surface area contributed by atoms with Crippen LogP contribution in [0.1, 0.15) is 62.3 Å². The van der Waals surface area contributed by atoms with Crippen molar-refractivity contribution < 1.29 is 5.11 Å². The standard InChI is InChI=1S/C18H32O/c1-15(2,3)13-10-11-14(19)18(12-13,16(4,5)6)17(7,8)9/h10-12,14,19H,1-9H3. The van der Waals surface area contributed by atoms with Crippen LogP contribution in [0.3, 0.4) is 0 Å². The first kappa shape index (κ1) is 16.5. The third-order valence-corrected chi connectivity index (χ3v) is 4.66. The zero-order chi connectivity index (χ0) is 15.3. The van der Waals surface area contributed by atoms with E-state index in [9.17, 15) is 5.11 Å². The molecule has 1 aliphatic carbocycles. The zero-order valence-electron chi connectivity index (χ0n) is 14.3. The lowest BCUT2D eigenvalue weighted by Gasteiger charge is -2.56. The van der Waals surface area contributed by atoms with E-state index in [0.29, 0.717) is 0 Å². The van der Waals surface area contributed by atoms with Crippen LogP contribution in [0.2, 0.25) is 0 Å². The monoisotopic (exact) mass is 264 g/mol. The topological polar surface area (TPSA) is 20.2 Å². The van der Waals surface area contributed by atoms with E-state index < -0.39 is 6.10 Å². The molecule has 0 aliphatic heterocycles. The fraction of sp³-hybridized carbons (Fsp3) is 0.778. The van der Waals surface area contributed by atoms with Crippen molar-refractivity contribution in [2.75, 3.05) is 0 Å². The molecule has 1 aliphatic rings. The van der Waals surface area contributed by atoms with Crippen LogP contribution in [-0.2, 0) is 0 Å². The predicted octanol–water partition coefficient (Wildman–Crippen LogP) is 4.97. The minimum Gasteiger partial charge on any atom is -0.388 e. The summed E-state index contributed by atoms with van der Waals surface area (Å²) in [5.41, 5.74) is 1.16. The molecule has 0 fully saturated rings. The first-order valence-electron chi connectivity index (χ1n) is 7.33. The van der Waals surface area contributed by atoms with E-state index in [4.69, 9.17) is 0 Å². The van der Waals surface area contributed by atoms with Crippen LogP contribution in [0.5, 0.6) is 0 Å². The molecule has 1 unspecified atom stereocenters. The van der Waals surface area contributed by atoms with Crippen molar-refractivity contribution in [1.29, 1.82) is 0 Å². The molecule has 0 spiro atoms. The Hall–Kier alpha value is -0.560. The SMILES string of the molecule is CC(C)(C)C1=CC(C(C)(C)C)(C(C)(C)C)C(O)C=C1. The van der Waals surface area contributed by atoms with Gasteiger partial charge in [-0.2, -0.15) is 0 Å². The Morgan fingerprint density at radius 1 is 0.895 bits per heavy atom. The van der Waals surface area contributed by atoms with E-state index in [1.165, 1.54) is 5.57 Å². The Balaban J connectivity index is 3.55. The molecule has 0 saturated heterocycles. The predicted molar refractivity (Wildman–Crippen MR) is 84.0 cm³/mol. The van der Waals surface area contributed by atoms with Crippen molar-refractivity contribution in [3.05, 3.63) is 23.8 Å². The van der Waals surface area contributed by atoms with Crippen molar-refractivity contribution >= 4 is 0 Å². The number of rotatable bonds is 0. The van der Waals surface area contributed by atoms with Crippen LogP contribution >= 0.6 is 0 Å². The highest BCUT2D eigenvalue weighted by Crippen LogP contribution is 2.58. The van der Waals surface area contributed by atoms with Gasteiger partial charge >= 0.3 is 0 Å². The number of allylic oxidation sites excluding steroid dienone is 2. The first-order chi connectivity index (χ1) is 8.23. The van der Waals surface area contributed by atoms with E-state index in [-0.39, 0.29) is 21.7 Å². The lowest BCUT2D eigenvalue weighted by atomic mass is 9.49. The van der Waals surface area contributed by atoms with Gasteiger partial charge in [0.25, 0.3) is 0 Å². The van der Waals surface area contributed by atoms with Crippen molar-refractivity contribution in [3.8, 4) is 0 Å². The fourth-order valence-corrected chi connectivity index (χ4v) is 3.64. The third kappa shape index (κ3) is 2.67. The molecular formula is C18H32O. The smallest absolute Gasteiger partial charge is 0.0824 e. The van der Waals surface area contributed by atoms with Crippen molar-refractivity contribution in [1.82, 2.24) is 0 Å².